The molecule has 6 amide bonds. The van der Waals surface area contributed by atoms with Gasteiger partial charge in [0.2, 0.25) is 43.7 Å². The lowest BCUT2D eigenvalue weighted by Crippen LogP contribution is -2.59. The van der Waals surface area contributed by atoms with E-state index in [0.717, 1.165) is 23.6 Å². The van der Waals surface area contributed by atoms with Crippen LogP contribution in [0.5, 0.6) is 0 Å². The highest BCUT2D eigenvalue weighted by Gasteiger charge is 2.68. The van der Waals surface area contributed by atoms with Crippen molar-refractivity contribution in [2.75, 3.05) is 59.3 Å². The third kappa shape index (κ3) is 15.8. The number of nitrogens with zero attached hydrogens (tertiary/aromatic N) is 4. The smallest absolute Gasteiger partial charge is 0.251 e. The van der Waals surface area contributed by atoms with Crippen LogP contribution in [-0.4, -0.2) is 184 Å². The molecule has 0 radical (unpaired) electrons. The molecule has 3 aliphatic rings. The van der Waals surface area contributed by atoms with Crippen LogP contribution in [0.15, 0.2) is 84.9 Å². The Morgan fingerprint density at radius 2 is 1.08 bits per heavy atom. The third-order valence-electron chi connectivity index (χ3n) is 15.7. The van der Waals surface area contributed by atoms with E-state index in [4.69, 9.17) is 0 Å². The van der Waals surface area contributed by atoms with Gasteiger partial charge in [0, 0.05) is 62.0 Å². The van der Waals surface area contributed by atoms with Crippen molar-refractivity contribution in [2.45, 2.75) is 141 Å². The van der Waals surface area contributed by atoms with Gasteiger partial charge in [-0.15, -0.1) is 0 Å². The van der Waals surface area contributed by atoms with Crippen molar-refractivity contribution >= 4 is 55.5 Å². The molecule has 20 nitrogen and oxygen atoms in total. The largest absolute Gasteiger partial charge is 0.347 e. The Balaban J connectivity index is 1.20. The summed E-state index contributed by atoms with van der Waals surface area (Å²) in [6.45, 7) is 14.8. The Hall–Kier alpha value is -5.78. The first-order valence-electron chi connectivity index (χ1n) is 27.2. The van der Waals surface area contributed by atoms with Gasteiger partial charge in [-0.2, -0.15) is 8.61 Å². The minimum Gasteiger partial charge on any atom is -0.347 e. The van der Waals surface area contributed by atoms with E-state index < -0.39 is 102 Å². The number of hydrogen-bond donors (Lipinski definition) is 6. The number of rotatable bonds is 23. The van der Waals surface area contributed by atoms with Gasteiger partial charge in [-0.3, -0.25) is 28.8 Å². The lowest BCUT2D eigenvalue weighted by Gasteiger charge is -2.37. The van der Waals surface area contributed by atoms with E-state index >= 15 is 0 Å². The van der Waals surface area contributed by atoms with Crippen molar-refractivity contribution in [1.29, 1.82) is 0 Å². The molecule has 1 saturated carbocycles. The standard InChI is InChI=1S/C57H84N10O10S2/c1-37(58-9)49(68)62-47(55(3,4)5)53(72)65-34-43(31-45(65)36-64(78(11,74)75)29-27-39-19-15-13-16-20-39)60-51(70)41-23-25-42(26-24-41)52(71)61-44-32-57(33-46(57)67(79(12,76)77)30-28-40-21-17-14-18-22-40)66(35-44)54(73)48(56(6,7)8)63-50(69)38(2)59-10/h13-26,37-38,43-48,58-59H,27-36H2,1-12H3,(H,60,70)(H,61,71)(H,62,68)(H,63,69)/t37-,38-,43-,44-,45-,46?,47+,48+,57?/m0/s1. The van der Waals surface area contributed by atoms with Crippen LogP contribution in [0.4, 0.5) is 0 Å². The molecule has 3 aromatic rings. The first-order chi connectivity index (χ1) is 36.9. The quantitative estimate of drug-likeness (QED) is 0.0802. The molecule has 9 atom stereocenters. The Morgan fingerprint density at radius 1 is 0.620 bits per heavy atom. The summed E-state index contributed by atoms with van der Waals surface area (Å²) in [4.78, 5) is 87.5. The number of sulfonamides is 2. The fourth-order valence-electron chi connectivity index (χ4n) is 10.7. The summed E-state index contributed by atoms with van der Waals surface area (Å²) in [5.74, 6) is -2.52. The number of amides is 6. The van der Waals surface area contributed by atoms with Crippen LogP contribution >= 0.6 is 0 Å². The second-order valence-corrected chi connectivity index (χ2v) is 27.8. The maximum absolute atomic E-state index is 14.9. The summed E-state index contributed by atoms with van der Waals surface area (Å²) in [6, 6.07) is 19.4. The fourth-order valence-corrected chi connectivity index (χ4v) is 12.7. The van der Waals surface area contributed by atoms with Crippen LogP contribution in [-0.2, 0) is 52.1 Å². The summed E-state index contributed by atoms with van der Waals surface area (Å²) in [5.41, 5.74) is -0.134. The normalized spacial score (nSPS) is 22.1. The Bertz CT molecular complexity index is 2880. The molecule has 22 heteroatoms. The van der Waals surface area contributed by atoms with Gasteiger partial charge in [0.25, 0.3) is 11.8 Å². The number of likely N-dealkylation sites (N-methyl/N-ethyl adjacent to an activating group) is 2. The number of carbonyl (C=O) groups is 6. The van der Waals surface area contributed by atoms with Gasteiger partial charge in [-0.05, 0) is 106 Å². The van der Waals surface area contributed by atoms with Crippen LogP contribution in [0.25, 0.3) is 0 Å². The van der Waals surface area contributed by atoms with E-state index in [0.29, 0.717) is 19.3 Å². The molecule has 434 valence electrons. The van der Waals surface area contributed by atoms with Crippen LogP contribution in [0.3, 0.4) is 0 Å². The summed E-state index contributed by atoms with van der Waals surface area (Å²) in [7, 11) is -4.26. The van der Waals surface area contributed by atoms with Gasteiger partial charge in [0.15, 0.2) is 0 Å². The molecule has 2 heterocycles. The summed E-state index contributed by atoms with van der Waals surface area (Å²) >= 11 is 0. The van der Waals surface area contributed by atoms with Crippen molar-refractivity contribution < 1.29 is 45.6 Å². The number of hydrogen-bond acceptors (Lipinski definition) is 12. The predicted octanol–water partition coefficient (Wildman–Crippen LogP) is 2.51. The van der Waals surface area contributed by atoms with Crippen LogP contribution in [0.1, 0.15) is 106 Å². The van der Waals surface area contributed by atoms with Gasteiger partial charge in [-0.25, -0.2) is 16.8 Å². The molecule has 3 fully saturated rings. The fraction of sp³-hybridized carbons (Fsp3) is 0.579. The Labute approximate surface area is 468 Å². The first kappa shape index (κ1) is 62.4. The summed E-state index contributed by atoms with van der Waals surface area (Å²) in [5, 5.41) is 17.8. The number of benzene rings is 3. The molecular formula is C57H84N10O10S2. The van der Waals surface area contributed by atoms with Crippen LogP contribution in [0, 0.1) is 10.8 Å². The lowest BCUT2D eigenvalue weighted by molar-refractivity contribution is -0.141. The van der Waals surface area contributed by atoms with Gasteiger partial charge in [0.1, 0.15) is 12.1 Å². The zero-order valence-corrected chi connectivity index (χ0v) is 49.6. The van der Waals surface area contributed by atoms with E-state index in [1.807, 2.05) is 102 Å². The molecule has 3 aromatic carbocycles. The molecule has 6 rings (SSSR count). The van der Waals surface area contributed by atoms with Gasteiger partial charge >= 0.3 is 0 Å². The van der Waals surface area contributed by atoms with Gasteiger partial charge < -0.3 is 41.7 Å². The number of likely N-dealkylation sites (tertiary alicyclic amines) is 2. The highest BCUT2D eigenvalue weighted by molar-refractivity contribution is 7.88. The number of carbonyl (C=O) groups excluding carboxylic acids is 6. The van der Waals surface area contributed by atoms with Crippen molar-refractivity contribution in [2.24, 2.45) is 10.8 Å². The zero-order valence-electron chi connectivity index (χ0n) is 48.0. The topological polar surface area (TPSA) is 256 Å². The summed E-state index contributed by atoms with van der Waals surface area (Å²) in [6.07, 6.45) is 3.96. The zero-order chi connectivity index (χ0) is 58.4. The Morgan fingerprint density at radius 3 is 1.52 bits per heavy atom. The number of nitrogens with one attached hydrogen (secondary N) is 6. The molecule has 2 unspecified atom stereocenters. The minimum atomic E-state index is -3.78. The first-order valence-corrected chi connectivity index (χ1v) is 30.9. The molecule has 0 aromatic heterocycles. The molecule has 79 heavy (non-hydrogen) atoms. The average Bonchev–Trinajstić information content (AvgIpc) is 3.98. The van der Waals surface area contributed by atoms with Gasteiger partial charge in [0.05, 0.1) is 36.2 Å². The predicted molar refractivity (Wildman–Crippen MR) is 305 cm³/mol. The monoisotopic (exact) mass is 1130 g/mol. The SMILES string of the molecule is CN[C@@H](C)C(=O)N[C@H](C(=O)N1C[C@@H](NC(=O)c2ccc(C(=O)N[C@@H]3CN(C(=O)[C@@H](NC(=O)[C@H](C)NC)C(C)(C)C)C4(CC4N(CCc4ccccc4)S(C)(=O)=O)C3)cc2)C[C@H]1CN(CCc1ccccc1)S(C)(=O)=O)C(C)(C)C. The molecule has 1 aliphatic carbocycles. The van der Waals surface area contributed by atoms with E-state index in [9.17, 15) is 45.6 Å². The van der Waals surface area contributed by atoms with Crippen LogP contribution in [0.2, 0.25) is 0 Å². The molecule has 6 N–H and O–H groups in total. The van der Waals surface area contributed by atoms with Crippen molar-refractivity contribution in [1.82, 2.24) is 50.3 Å². The van der Waals surface area contributed by atoms with Crippen molar-refractivity contribution in [3.8, 4) is 0 Å². The van der Waals surface area contributed by atoms with E-state index in [1.54, 1.807) is 37.7 Å². The van der Waals surface area contributed by atoms with Crippen molar-refractivity contribution in [3.63, 3.8) is 0 Å². The highest BCUT2D eigenvalue weighted by Crippen LogP contribution is 2.54. The second kappa shape index (κ2) is 25.3. The van der Waals surface area contributed by atoms with E-state index in [1.165, 1.54) is 32.9 Å². The molecular weight excluding hydrogens is 1050 g/mol. The third-order valence-corrected chi connectivity index (χ3v) is 18.2. The maximum atomic E-state index is 14.9. The molecule has 0 bridgehead atoms. The maximum Gasteiger partial charge on any atom is 0.251 e. The van der Waals surface area contributed by atoms with Crippen LogP contribution < -0.4 is 31.9 Å². The second-order valence-electron chi connectivity index (χ2n) is 23.9. The van der Waals surface area contributed by atoms with Gasteiger partial charge in [-0.1, -0.05) is 102 Å². The van der Waals surface area contributed by atoms with Crippen molar-refractivity contribution in [3.05, 3.63) is 107 Å². The van der Waals surface area contributed by atoms with E-state index in [2.05, 4.69) is 31.9 Å². The summed E-state index contributed by atoms with van der Waals surface area (Å²) < 4.78 is 56.5. The lowest BCUT2D eigenvalue weighted by atomic mass is 9.85. The molecule has 1 spiro atoms. The highest BCUT2D eigenvalue weighted by atomic mass is 32.2. The Kier molecular flexibility index (Phi) is 20.0. The minimum absolute atomic E-state index is 0.0339. The molecule has 2 aliphatic heterocycles. The molecule has 2 saturated heterocycles. The average molecular weight is 1130 g/mol. The van der Waals surface area contributed by atoms with E-state index in [-0.39, 0.29) is 74.4 Å².